The molecular weight excluding hydrogens is 717 g/mol. The van der Waals surface area contributed by atoms with Crippen molar-refractivity contribution in [3.63, 3.8) is 0 Å². The Morgan fingerprint density at radius 2 is 1.04 bits per heavy atom. The number of rotatable bonds is 9. The van der Waals surface area contributed by atoms with Gasteiger partial charge in [-0.15, -0.1) is 0 Å². The van der Waals surface area contributed by atoms with Gasteiger partial charge in [0.05, 0.1) is 22.4 Å². The van der Waals surface area contributed by atoms with Crippen LogP contribution >= 0.6 is 23.5 Å². The van der Waals surface area contributed by atoms with Crippen molar-refractivity contribution in [3.8, 4) is 0 Å². The zero-order valence-corrected chi connectivity index (χ0v) is 32.4. The molecule has 0 radical (unpaired) electrons. The molecule has 55 heavy (non-hydrogen) atoms. The summed E-state index contributed by atoms with van der Waals surface area (Å²) in [5.74, 6) is -0.0699. The van der Waals surface area contributed by atoms with E-state index in [0.717, 1.165) is 64.8 Å². The largest absolute Gasteiger partial charge is 0.399 e. The molecule has 0 aliphatic rings. The summed E-state index contributed by atoms with van der Waals surface area (Å²) in [6.07, 6.45) is 8.30. The fourth-order valence-corrected chi connectivity index (χ4v) is 7.90. The first-order valence-corrected chi connectivity index (χ1v) is 19.4. The fourth-order valence-electron chi connectivity index (χ4n) is 6.07. The number of anilines is 2. The van der Waals surface area contributed by atoms with E-state index in [9.17, 15) is 4.79 Å². The van der Waals surface area contributed by atoms with Crippen LogP contribution < -0.4 is 11.1 Å². The number of carbonyl (C=O) groups excluding carboxylic acids is 1. The monoisotopic (exact) mass is 756 g/mol. The second-order valence-corrected chi connectivity index (χ2v) is 15.1. The quantitative estimate of drug-likeness (QED) is 0.143. The average molecular weight is 757 g/mol. The molecule has 8 aromatic rings. The third-order valence-electron chi connectivity index (χ3n) is 8.65. The van der Waals surface area contributed by atoms with Crippen LogP contribution in [0.25, 0.3) is 46.1 Å². The van der Waals surface area contributed by atoms with Gasteiger partial charge in [-0.2, -0.15) is 10.2 Å². The van der Waals surface area contributed by atoms with Crippen LogP contribution in [0.1, 0.15) is 29.4 Å². The molecule has 0 spiro atoms. The predicted molar refractivity (Wildman–Crippen MR) is 232 cm³/mol. The molecule has 7 nitrogen and oxygen atoms in total. The number of benzene rings is 6. The lowest BCUT2D eigenvalue weighted by molar-refractivity contribution is -0.114. The Labute approximate surface area is 329 Å². The Morgan fingerprint density at radius 1 is 0.564 bits per heavy atom. The summed E-state index contributed by atoms with van der Waals surface area (Å²) in [7, 11) is 3.95. The molecule has 0 bridgehead atoms. The SMILES string of the molecule is CC(=O)Nc1cccc(Sc2ccc3c(/C=C/c4ccccc4)nn(C)c3c2)c1.Cn1nc(/C=C/c2ccccc2)c2ccc(Sc3cccc(N)c3)cc21. The lowest BCUT2D eigenvalue weighted by Crippen LogP contribution is -2.05. The van der Waals surface area contributed by atoms with E-state index < -0.39 is 0 Å². The molecule has 9 heteroatoms. The van der Waals surface area contributed by atoms with Crippen LogP contribution in [0.5, 0.6) is 0 Å². The van der Waals surface area contributed by atoms with E-state index in [1.54, 1.807) is 23.5 Å². The third-order valence-corrected chi connectivity index (χ3v) is 10.6. The summed E-state index contributed by atoms with van der Waals surface area (Å²) in [5.41, 5.74) is 13.9. The van der Waals surface area contributed by atoms with Gasteiger partial charge in [0, 0.05) is 62.7 Å². The van der Waals surface area contributed by atoms with Crippen LogP contribution in [0.2, 0.25) is 0 Å². The van der Waals surface area contributed by atoms with Gasteiger partial charge < -0.3 is 11.1 Å². The zero-order valence-electron chi connectivity index (χ0n) is 30.8. The van der Waals surface area contributed by atoms with Crippen molar-refractivity contribution in [1.29, 1.82) is 0 Å². The number of aromatic nitrogens is 4. The number of hydrogen-bond donors (Lipinski definition) is 2. The number of carbonyl (C=O) groups is 1. The van der Waals surface area contributed by atoms with Crippen LogP contribution in [-0.4, -0.2) is 25.5 Å². The highest BCUT2D eigenvalue weighted by molar-refractivity contribution is 7.99. The highest BCUT2D eigenvalue weighted by atomic mass is 32.2. The minimum absolute atomic E-state index is 0.0699. The van der Waals surface area contributed by atoms with E-state index in [0.29, 0.717) is 0 Å². The highest BCUT2D eigenvalue weighted by Crippen LogP contribution is 2.34. The van der Waals surface area contributed by atoms with E-state index in [1.807, 2.05) is 102 Å². The maximum atomic E-state index is 11.3. The van der Waals surface area contributed by atoms with Crippen LogP contribution in [0.4, 0.5) is 11.4 Å². The molecule has 2 heterocycles. The molecule has 0 aliphatic heterocycles. The molecule has 1 amide bonds. The Kier molecular flexibility index (Phi) is 11.6. The lowest BCUT2D eigenvalue weighted by Gasteiger charge is -2.06. The van der Waals surface area contributed by atoms with Gasteiger partial charge in [-0.1, -0.05) is 108 Å². The van der Waals surface area contributed by atoms with Crippen molar-refractivity contribution < 1.29 is 4.79 Å². The van der Waals surface area contributed by atoms with Crippen molar-refractivity contribution in [1.82, 2.24) is 19.6 Å². The van der Waals surface area contributed by atoms with Crippen LogP contribution in [0.15, 0.2) is 165 Å². The van der Waals surface area contributed by atoms with Gasteiger partial charge >= 0.3 is 0 Å². The van der Waals surface area contributed by atoms with Gasteiger partial charge in [0.2, 0.25) is 5.91 Å². The standard InChI is InChI=1S/C24H21N3OS.C22H19N3S/c1-17(28)25-19-9-6-10-20(15-19)29-21-12-13-22-23(26-27(2)24(22)16-21)14-11-18-7-4-3-5-8-18;1-25-22-15-19(26-18-9-5-8-17(23)14-18)11-12-20(22)21(24-25)13-10-16-6-3-2-4-7-16/h3-16H,1-2H3,(H,25,28);2-15H,23H2,1H3/b14-11+;13-10+. The summed E-state index contributed by atoms with van der Waals surface area (Å²) >= 11 is 3.37. The van der Waals surface area contributed by atoms with Crippen molar-refractivity contribution in [3.05, 3.63) is 168 Å². The number of nitrogens with zero attached hydrogens (tertiary/aromatic N) is 4. The molecule has 0 saturated carbocycles. The second-order valence-electron chi connectivity index (χ2n) is 12.8. The van der Waals surface area contributed by atoms with Gasteiger partial charge in [0.15, 0.2) is 0 Å². The van der Waals surface area contributed by atoms with Gasteiger partial charge in [0.1, 0.15) is 0 Å². The van der Waals surface area contributed by atoms with Gasteiger partial charge in [-0.3, -0.25) is 14.2 Å². The molecule has 8 rings (SSSR count). The Bertz CT molecular complexity index is 2650. The molecular formula is C46H40N6OS2. The molecule has 272 valence electrons. The Morgan fingerprint density at radius 3 is 1.53 bits per heavy atom. The number of nitrogens with one attached hydrogen (secondary N) is 1. The number of aryl methyl sites for hydroxylation is 2. The summed E-state index contributed by atoms with van der Waals surface area (Å²) in [4.78, 5) is 15.8. The first-order valence-electron chi connectivity index (χ1n) is 17.8. The summed E-state index contributed by atoms with van der Waals surface area (Å²) in [6, 6.07) is 49.1. The first kappa shape index (κ1) is 37.0. The van der Waals surface area contributed by atoms with E-state index in [4.69, 9.17) is 5.73 Å². The summed E-state index contributed by atoms with van der Waals surface area (Å²) in [5, 5.41) is 14.4. The van der Waals surface area contributed by atoms with Crippen molar-refractivity contribution in [2.24, 2.45) is 14.1 Å². The maximum Gasteiger partial charge on any atom is 0.221 e. The summed E-state index contributed by atoms with van der Waals surface area (Å²) in [6.45, 7) is 1.51. The van der Waals surface area contributed by atoms with E-state index in [2.05, 4.69) is 107 Å². The number of fused-ring (bicyclic) bond motifs is 2. The van der Waals surface area contributed by atoms with Crippen molar-refractivity contribution in [2.45, 2.75) is 26.5 Å². The van der Waals surface area contributed by atoms with Crippen LogP contribution in [0, 0.1) is 0 Å². The lowest BCUT2D eigenvalue weighted by atomic mass is 10.1. The summed E-state index contributed by atoms with van der Waals surface area (Å²) < 4.78 is 3.85. The molecule has 2 aromatic heterocycles. The number of hydrogen-bond acceptors (Lipinski definition) is 6. The van der Waals surface area contributed by atoms with Gasteiger partial charge in [0.25, 0.3) is 0 Å². The molecule has 3 N–H and O–H groups in total. The molecule has 6 aromatic carbocycles. The van der Waals surface area contributed by atoms with Crippen molar-refractivity contribution in [2.75, 3.05) is 11.1 Å². The zero-order chi connectivity index (χ0) is 38.1. The van der Waals surface area contributed by atoms with Crippen LogP contribution in [0.3, 0.4) is 0 Å². The minimum atomic E-state index is -0.0699. The fraction of sp³-hybridized carbons (Fsp3) is 0.0652. The molecule has 0 unspecified atom stereocenters. The normalized spacial score (nSPS) is 11.3. The predicted octanol–water partition coefficient (Wildman–Crippen LogP) is 11.3. The number of nitrogen functional groups attached to an aromatic ring is 1. The third kappa shape index (κ3) is 9.64. The van der Waals surface area contributed by atoms with Crippen molar-refractivity contribution >= 4 is 86.9 Å². The van der Waals surface area contributed by atoms with Gasteiger partial charge in [-0.25, -0.2) is 0 Å². The van der Waals surface area contributed by atoms with E-state index >= 15 is 0 Å². The molecule has 0 aliphatic carbocycles. The highest BCUT2D eigenvalue weighted by Gasteiger charge is 2.10. The minimum Gasteiger partial charge on any atom is -0.399 e. The topological polar surface area (TPSA) is 90.8 Å². The molecule has 0 saturated heterocycles. The van der Waals surface area contributed by atoms with Crippen LogP contribution in [-0.2, 0) is 18.9 Å². The number of nitrogens with two attached hydrogens (primary N) is 1. The Balaban J connectivity index is 0.000000170. The second kappa shape index (κ2) is 17.2. The smallest absolute Gasteiger partial charge is 0.221 e. The van der Waals surface area contributed by atoms with Gasteiger partial charge in [-0.05, 0) is 96.1 Å². The number of amides is 1. The molecule has 0 fully saturated rings. The Hall–Kier alpha value is -6.29. The van der Waals surface area contributed by atoms with E-state index in [-0.39, 0.29) is 5.91 Å². The average Bonchev–Trinajstić information content (AvgIpc) is 3.68. The maximum absolute atomic E-state index is 11.3. The first-order chi connectivity index (χ1) is 26.8. The molecule has 0 atom stereocenters. The van der Waals surface area contributed by atoms with E-state index in [1.165, 1.54) is 17.4 Å².